The molecule has 8 heteroatoms. The SMILES string of the molecule is CC(C)NC(=O)C(C)N(Cc1cccc(Br)c1)C(=O)CCCN1C(=O)c2ccccc2C1=O. The molecule has 1 aliphatic rings. The summed E-state index contributed by atoms with van der Waals surface area (Å²) < 4.78 is 0.886. The van der Waals surface area contributed by atoms with Gasteiger partial charge in [0.15, 0.2) is 0 Å². The van der Waals surface area contributed by atoms with Gasteiger partial charge in [-0.25, -0.2) is 0 Å². The zero-order valence-corrected chi connectivity index (χ0v) is 20.6. The van der Waals surface area contributed by atoms with Crippen molar-refractivity contribution >= 4 is 39.6 Å². The molecule has 33 heavy (non-hydrogen) atoms. The summed E-state index contributed by atoms with van der Waals surface area (Å²) in [6.07, 6.45) is 0.429. The molecule has 2 aromatic rings. The Hall–Kier alpha value is -3.00. The molecule has 1 aliphatic heterocycles. The van der Waals surface area contributed by atoms with Crippen molar-refractivity contribution in [3.63, 3.8) is 0 Å². The van der Waals surface area contributed by atoms with E-state index in [1.54, 1.807) is 36.1 Å². The molecule has 0 fully saturated rings. The monoisotopic (exact) mass is 513 g/mol. The second kappa shape index (κ2) is 10.7. The quantitative estimate of drug-likeness (QED) is 0.517. The first kappa shape index (κ1) is 24.6. The molecule has 7 nitrogen and oxygen atoms in total. The molecule has 0 spiro atoms. The van der Waals surface area contributed by atoms with E-state index in [9.17, 15) is 19.2 Å². The van der Waals surface area contributed by atoms with Gasteiger partial charge in [0.2, 0.25) is 11.8 Å². The first-order valence-electron chi connectivity index (χ1n) is 11.0. The number of hydrogen-bond acceptors (Lipinski definition) is 4. The summed E-state index contributed by atoms with van der Waals surface area (Å²) >= 11 is 3.44. The van der Waals surface area contributed by atoms with Crippen LogP contribution in [-0.2, 0) is 16.1 Å². The molecular formula is C25H28BrN3O4. The number of nitrogens with zero attached hydrogens (tertiary/aromatic N) is 2. The fourth-order valence-corrected chi connectivity index (χ4v) is 4.24. The molecule has 0 saturated carbocycles. The number of rotatable bonds is 9. The summed E-state index contributed by atoms with van der Waals surface area (Å²) in [5.41, 5.74) is 1.68. The maximum Gasteiger partial charge on any atom is 0.261 e. The maximum atomic E-state index is 13.2. The van der Waals surface area contributed by atoms with E-state index >= 15 is 0 Å². The van der Waals surface area contributed by atoms with Crippen molar-refractivity contribution in [3.8, 4) is 0 Å². The topological polar surface area (TPSA) is 86.8 Å². The number of nitrogens with one attached hydrogen (secondary N) is 1. The number of halogens is 1. The molecule has 1 unspecified atom stereocenters. The van der Waals surface area contributed by atoms with Crippen LogP contribution in [0.2, 0.25) is 0 Å². The predicted molar refractivity (Wildman–Crippen MR) is 128 cm³/mol. The van der Waals surface area contributed by atoms with E-state index in [4.69, 9.17) is 0 Å². The van der Waals surface area contributed by atoms with Crippen molar-refractivity contribution in [3.05, 3.63) is 69.7 Å². The fraction of sp³-hybridized carbons (Fsp3) is 0.360. The predicted octanol–water partition coefficient (Wildman–Crippen LogP) is 3.77. The Balaban J connectivity index is 1.67. The Morgan fingerprint density at radius 2 is 1.64 bits per heavy atom. The van der Waals surface area contributed by atoms with Crippen LogP contribution in [0.25, 0.3) is 0 Å². The molecule has 3 rings (SSSR count). The minimum atomic E-state index is -0.668. The Bertz CT molecular complexity index is 1030. The zero-order chi connectivity index (χ0) is 24.1. The van der Waals surface area contributed by atoms with Crippen LogP contribution in [0.1, 0.15) is 59.9 Å². The smallest absolute Gasteiger partial charge is 0.261 e. The zero-order valence-electron chi connectivity index (χ0n) is 19.0. The van der Waals surface area contributed by atoms with E-state index in [0.717, 1.165) is 10.0 Å². The van der Waals surface area contributed by atoms with Gasteiger partial charge in [0.05, 0.1) is 11.1 Å². The van der Waals surface area contributed by atoms with Crippen molar-refractivity contribution in [1.82, 2.24) is 15.1 Å². The molecule has 0 radical (unpaired) electrons. The lowest BCUT2D eigenvalue weighted by Gasteiger charge is -2.29. The first-order valence-corrected chi connectivity index (χ1v) is 11.8. The van der Waals surface area contributed by atoms with Crippen LogP contribution in [0.5, 0.6) is 0 Å². The van der Waals surface area contributed by atoms with E-state index in [0.29, 0.717) is 17.5 Å². The van der Waals surface area contributed by atoms with Gasteiger partial charge in [-0.3, -0.25) is 24.1 Å². The summed E-state index contributed by atoms with van der Waals surface area (Å²) in [6, 6.07) is 13.6. The standard InChI is InChI=1S/C25H28BrN3O4/c1-16(2)27-23(31)17(3)29(15-18-8-6-9-19(26)14-18)22(30)12-7-13-28-24(32)20-10-4-5-11-21(20)25(28)33/h4-6,8-11,14,16-17H,7,12-13,15H2,1-3H3,(H,27,31). The molecule has 174 valence electrons. The van der Waals surface area contributed by atoms with Crippen molar-refractivity contribution in [2.75, 3.05) is 6.54 Å². The summed E-state index contributed by atoms with van der Waals surface area (Å²) in [4.78, 5) is 53.6. The van der Waals surface area contributed by atoms with Crippen LogP contribution in [0.4, 0.5) is 0 Å². The lowest BCUT2D eigenvalue weighted by molar-refractivity contribution is -0.140. The number of amides is 4. The van der Waals surface area contributed by atoms with Crippen LogP contribution in [0.15, 0.2) is 53.0 Å². The Morgan fingerprint density at radius 3 is 2.21 bits per heavy atom. The molecule has 1 heterocycles. The van der Waals surface area contributed by atoms with Crippen LogP contribution in [0.3, 0.4) is 0 Å². The van der Waals surface area contributed by atoms with Gasteiger partial charge in [-0.2, -0.15) is 0 Å². The maximum absolute atomic E-state index is 13.2. The van der Waals surface area contributed by atoms with Crippen LogP contribution < -0.4 is 5.32 Å². The Morgan fingerprint density at radius 1 is 1.00 bits per heavy atom. The van der Waals surface area contributed by atoms with E-state index in [-0.39, 0.29) is 49.2 Å². The van der Waals surface area contributed by atoms with Crippen molar-refractivity contribution in [1.29, 1.82) is 0 Å². The molecule has 1 atom stereocenters. The third-order valence-electron chi connectivity index (χ3n) is 5.49. The fourth-order valence-electron chi connectivity index (χ4n) is 3.79. The third kappa shape index (κ3) is 5.87. The van der Waals surface area contributed by atoms with Gasteiger partial charge in [-0.1, -0.05) is 40.2 Å². The Kier molecular flexibility index (Phi) is 8.02. The molecular weight excluding hydrogens is 486 g/mol. The molecule has 4 amide bonds. The molecule has 0 aliphatic carbocycles. The van der Waals surface area contributed by atoms with Crippen molar-refractivity contribution in [2.24, 2.45) is 0 Å². The van der Waals surface area contributed by atoms with Crippen LogP contribution in [0, 0.1) is 0 Å². The van der Waals surface area contributed by atoms with Gasteiger partial charge in [-0.05, 0) is 57.0 Å². The van der Waals surface area contributed by atoms with E-state index in [1.165, 1.54) is 4.90 Å². The molecule has 0 aromatic heterocycles. The highest BCUT2D eigenvalue weighted by Gasteiger charge is 2.35. The van der Waals surface area contributed by atoms with Gasteiger partial charge in [0.25, 0.3) is 11.8 Å². The summed E-state index contributed by atoms with van der Waals surface area (Å²) in [5.74, 6) is -1.11. The van der Waals surface area contributed by atoms with Gasteiger partial charge in [-0.15, -0.1) is 0 Å². The normalized spacial score (nSPS) is 13.8. The minimum Gasteiger partial charge on any atom is -0.352 e. The van der Waals surface area contributed by atoms with Gasteiger partial charge in [0.1, 0.15) is 6.04 Å². The largest absolute Gasteiger partial charge is 0.352 e. The van der Waals surface area contributed by atoms with Crippen LogP contribution >= 0.6 is 15.9 Å². The molecule has 0 bridgehead atoms. The van der Waals surface area contributed by atoms with Gasteiger partial charge < -0.3 is 10.2 Å². The second-order valence-electron chi connectivity index (χ2n) is 8.40. The number of fused-ring (bicyclic) bond motifs is 1. The van der Waals surface area contributed by atoms with Gasteiger partial charge in [0, 0.05) is 30.0 Å². The van der Waals surface area contributed by atoms with Crippen molar-refractivity contribution < 1.29 is 19.2 Å². The molecule has 2 aromatic carbocycles. The molecule has 1 N–H and O–H groups in total. The van der Waals surface area contributed by atoms with E-state index in [2.05, 4.69) is 21.2 Å². The van der Waals surface area contributed by atoms with E-state index in [1.807, 2.05) is 38.1 Å². The average Bonchev–Trinajstić information content (AvgIpc) is 3.01. The lowest BCUT2D eigenvalue weighted by atomic mass is 10.1. The number of hydrogen-bond donors (Lipinski definition) is 1. The van der Waals surface area contributed by atoms with Crippen molar-refractivity contribution in [2.45, 2.75) is 52.2 Å². The Labute approximate surface area is 202 Å². The second-order valence-corrected chi connectivity index (χ2v) is 9.32. The average molecular weight is 514 g/mol. The highest BCUT2D eigenvalue weighted by Crippen LogP contribution is 2.23. The number of imide groups is 1. The number of carbonyl (C=O) groups excluding carboxylic acids is 4. The highest BCUT2D eigenvalue weighted by atomic mass is 79.9. The first-order chi connectivity index (χ1) is 15.7. The minimum absolute atomic E-state index is 0.0448. The third-order valence-corrected chi connectivity index (χ3v) is 5.98. The summed E-state index contributed by atoms with van der Waals surface area (Å²) in [7, 11) is 0. The molecule has 0 saturated heterocycles. The van der Waals surface area contributed by atoms with Crippen LogP contribution in [-0.4, -0.2) is 52.1 Å². The number of benzene rings is 2. The lowest BCUT2D eigenvalue weighted by Crippen LogP contribution is -2.49. The number of carbonyl (C=O) groups is 4. The van der Waals surface area contributed by atoms with E-state index < -0.39 is 6.04 Å². The van der Waals surface area contributed by atoms with Gasteiger partial charge >= 0.3 is 0 Å². The summed E-state index contributed by atoms with van der Waals surface area (Å²) in [5, 5.41) is 2.86. The highest BCUT2D eigenvalue weighted by molar-refractivity contribution is 9.10. The summed E-state index contributed by atoms with van der Waals surface area (Å²) in [6.45, 7) is 5.87.